The number of H-pyrrole nitrogens is 1. The van der Waals surface area contributed by atoms with Crippen LogP contribution in [-0.4, -0.2) is 16.1 Å². The first-order valence-corrected chi connectivity index (χ1v) is 5.77. The largest absolute Gasteiger partial charge is 0.398 e. The predicted molar refractivity (Wildman–Crippen MR) is 68.3 cm³/mol. The Morgan fingerprint density at radius 2 is 2.35 bits per heavy atom. The zero-order valence-electron chi connectivity index (χ0n) is 8.90. The Balaban J connectivity index is 2.04. The quantitative estimate of drug-likeness (QED) is 0.753. The van der Waals surface area contributed by atoms with Crippen LogP contribution in [0.4, 0.5) is 5.69 Å². The zero-order valence-corrected chi connectivity index (χ0v) is 10.5. The Morgan fingerprint density at radius 1 is 1.53 bits per heavy atom. The first-order chi connectivity index (χ1) is 8.16. The van der Waals surface area contributed by atoms with Crippen LogP contribution >= 0.6 is 15.9 Å². The van der Waals surface area contributed by atoms with Crippen LogP contribution in [0.3, 0.4) is 0 Å². The minimum Gasteiger partial charge on any atom is -0.398 e. The van der Waals surface area contributed by atoms with Crippen LogP contribution in [0.2, 0.25) is 0 Å². The van der Waals surface area contributed by atoms with Gasteiger partial charge in [-0.05, 0) is 18.2 Å². The zero-order chi connectivity index (χ0) is 12.3. The van der Waals surface area contributed by atoms with E-state index >= 15 is 0 Å². The number of nitrogen functional groups attached to an aromatic ring is 1. The first-order valence-electron chi connectivity index (χ1n) is 4.97. The van der Waals surface area contributed by atoms with E-state index in [-0.39, 0.29) is 5.91 Å². The number of hydrogen-bond donors (Lipinski definition) is 3. The van der Waals surface area contributed by atoms with E-state index in [1.807, 2.05) is 0 Å². The number of benzene rings is 1. The van der Waals surface area contributed by atoms with Gasteiger partial charge in [-0.2, -0.15) is 5.10 Å². The van der Waals surface area contributed by atoms with E-state index in [9.17, 15) is 4.79 Å². The first kappa shape index (κ1) is 11.7. The van der Waals surface area contributed by atoms with E-state index < -0.39 is 0 Å². The summed E-state index contributed by atoms with van der Waals surface area (Å²) >= 11 is 3.29. The van der Waals surface area contributed by atoms with Gasteiger partial charge in [0.15, 0.2) is 0 Å². The Morgan fingerprint density at radius 3 is 3.00 bits per heavy atom. The standard InChI is InChI=1S/C11H11BrN4O/c12-8-1-2-9(10(13)3-8)11(17)14-4-7-5-15-16-6-7/h1-3,5-6H,4,13H2,(H,14,17)(H,15,16). The molecule has 0 aliphatic rings. The lowest BCUT2D eigenvalue weighted by Crippen LogP contribution is -2.23. The van der Waals surface area contributed by atoms with Crippen molar-refractivity contribution >= 4 is 27.5 Å². The fourth-order valence-corrected chi connectivity index (χ4v) is 1.77. The molecule has 4 N–H and O–H groups in total. The number of carbonyl (C=O) groups is 1. The highest BCUT2D eigenvalue weighted by atomic mass is 79.9. The highest BCUT2D eigenvalue weighted by Crippen LogP contribution is 2.18. The molecule has 0 fully saturated rings. The van der Waals surface area contributed by atoms with Gasteiger partial charge in [0.1, 0.15) is 0 Å². The molecule has 0 bridgehead atoms. The number of amides is 1. The Labute approximate surface area is 107 Å². The van der Waals surface area contributed by atoms with Crippen LogP contribution < -0.4 is 11.1 Å². The maximum atomic E-state index is 11.8. The molecule has 0 radical (unpaired) electrons. The van der Waals surface area contributed by atoms with Crippen LogP contribution in [0, 0.1) is 0 Å². The third kappa shape index (κ3) is 2.85. The van der Waals surface area contributed by atoms with Gasteiger partial charge in [0.25, 0.3) is 5.91 Å². The Hall–Kier alpha value is -1.82. The van der Waals surface area contributed by atoms with E-state index in [1.165, 1.54) is 0 Å². The van der Waals surface area contributed by atoms with Crippen molar-refractivity contribution in [1.29, 1.82) is 0 Å². The molecule has 0 saturated carbocycles. The smallest absolute Gasteiger partial charge is 0.253 e. The normalized spacial score (nSPS) is 10.2. The minimum absolute atomic E-state index is 0.198. The molecule has 1 heterocycles. The second kappa shape index (κ2) is 5.01. The molecular weight excluding hydrogens is 284 g/mol. The highest BCUT2D eigenvalue weighted by molar-refractivity contribution is 9.10. The summed E-state index contributed by atoms with van der Waals surface area (Å²) in [6, 6.07) is 5.17. The summed E-state index contributed by atoms with van der Waals surface area (Å²) in [5.41, 5.74) is 7.59. The summed E-state index contributed by atoms with van der Waals surface area (Å²) in [6.07, 6.45) is 3.39. The predicted octanol–water partition coefficient (Wildman–Crippen LogP) is 1.68. The number of nitrogens with zero attached hydrogens (tertiary/aromatic N) is 1. The van der Waals surface area contributed by atoms with Gasteiger partial charge in [-0.1, -0.05) is 15.9 Å². The van der Waals surface area contributed by atoms with Crippen molar-refractivity contribution in [2.75, 3.05) is 5.73 Å². The highest BCUT2D eigenvalue weighted by Gasteiger charge is 2.09. The van der Waals surface area contributed by atoms with Gasteiger partial charge in [-0.15, -0.1) is 0 Å². The molecule has 17 heavy (non-hydrogen) atoms. The topological polar surface area (TPSA) is 83.8 Å². The third-order valence-electron chi connectivity index (χ3n) is 2.27. The number of anilines is 1. The van der Waals surface area contributed by atoms with E-state index in [0.29, 0.717) is 17.8 Å². The molecule has 0 saturated heterocycles. The van der Waals surface area contributed by atoms with Crippen molar-refractivity contribution in [3.63, 3.8) is 0 Å². The number of aromatic nitrogens is 2. The Bertz CT molecular complexity index is 524. The average Bonchev–Trinajstić information content (AvgIpc) is 2.78. The lowest BCUT2D eigenvalue weighted by atomic mass is 10.1. The van der Waals surface area contributed by atoms with Crippen LogP contribution in [0.5, 0.6) is 0 Å². The lowest BCUT2D eigenvalue weighted by Gasteiger charge is -2.06. The number of hydrogen-bond acceptors (Lipinski definition) is 3. The maximum Gasteiger partial charge on any atom is 0.253 e. The van der Waals surface area contributed by atoms with Crippen molar-refractivity contribution in [2.45, 2.75) is 6.54 Å². The maximum absolute atomic E-state index is 11.8. The number of aromatic amines is 1. The number of carbonyl (C=O) groups excluding carboxylic acids is 1. The molecule has 1 amide bonds. The van der Waals surface area contributed by atoms with Gasteiger partial charge in [0, 0.05) is 28.5 Å². The molecule has 2 aromatic rings. The van der Waals surface area contributed by atoms with Crippen molar-refractivity contribution in [1.82, 2.24) is 15.5 Å². The summed E-state index contributed by atoms with van der Waals surface area (Å²) in [7, 11) is 0. The van der Waals surface area contributed by atoms with Gasteiger partial charge in [0.2, 0.25) is 0 Å². The van der Waals surface area contributed by atoms with E-state index in [2.05, 4.69) is 31.4 Å². The summed E-state index contributed by atoms with van der Waals surface area (Å²) in [6.45, 7) is 0.421. The molecule has 0 aliphatic heterocycles. The number of nitrogens with two attached hydrogens (primary N) is 1. The molecule has 6 heteroatoms. The molecule has 0 atom stereocenters. The van der Waals surface area contributed by atoms with Gasteiger partial charge < -0.3 is 11.1 Å². The Kier molecular flexibility index (Phi) is 3.43. The van der Waals surface area contributed by atoms with Gasteiger partial charge in [0.05, 0.1) is 11.8 Å². The van der Waals surface area contributed by atoms with E-state index in [0.717, 1.165) is 10.0 Å². The van der Waals surface area contributed by atoms with Crippen molar-refractivity contribution < 1.29 is 4.79 Å². The van der Waals surface area contributed by atoms with Gasteiger partial charge in [-0.25, -0.2) is 0 Å². The van der Waals surface area contributed by atoms with E-state index in [1.54, 1.807) is 30.6 Å². The number of rotatable bonds is 3. The molecule has 0 aliphatic carbocycles. The monoisotopic (exact) mass is 294 g/mol. The van der Waals surface area contributed by atoms with Gasteiger partial charge in [-0.3, -0.25) is 9.89 Å². The molecule has 2 rings (SSSR count). The fourth-order valence-electron chi connectivity index (χ4n) is 1.39. The molecule has 0 spiro atoms. The van der Waals surface area contributed by atoms with Crippen LogP contribution in [-0.2, 0) is 6.54 Å². The van der Waals surface area contributed by atoms with Crippen molar-refractivity contribution in [2.24, 2.45) is 0 Å². The summed E-state index contributed by atoms with van der Waals surface area (Å²) in [5, 5.41) is 9.24. The number of halogens is 1. The van der Waals surface area contributed by atoms with Crippen LogP contribution in [0.25, 0.3) is 0 Å². The molecular formula is C11H11BrN4O. The average molecular weight is 295 g/mol. The second-order valence-electron chi connectivity index (χ2n) is 3.52. The SMILES string of the molecule is Nc1cc(Br)ccc1C(=O)NCc1cn[nH]c1. The lowest BCUT2D eigenvalue weighted by molar-refractivity contribution is 0.0952. The molecule has 1 aromatic heterocycles. The van der Waals surface area contributed by atoms with E-state index in [4.69, 9.17) is 5.73 Å². The van der Waals surface area contributed by atoms with Crippen molar-refractivity contribution in [3.8, 4) is 0 Å². The summed E-state index contributed by atoms with van der Waals surface area (Å²) in [4.78, 5) is 11.8. The number of nitrogens with one attached hydrogen (secondary N) is 2. The minimum atomic E-state index is -0.198. The van der Waals surface area contributed by atoms with Crippen molar-refractivity contribution in [3.05, 3.63) is 46.2 Å². The molecule has 88 valence electrons. The third-order valence-corrected chi connectivity index (χ3v) is 2.76. The molecule has 0 unspecified atom stereocenters. The van der Waals surface area contributed by atoms with Crippen LogP contribution in [0.1, 0.15) is 15.9 Å². The van der Waals surface area contributed by atoms with Crippen LogP contribution in [0.15, 0.2) is 35.1 Å². The summed E-state index contributed by atoms with van der Waals surface area (Å²) in [5.74, 6) is -0.198. The molecule has 1 aromatic carbocycles. The van der Waals surface area contributed by atoms with Gasteiger partial charge >= 0.3 is 0 Å². The fraction of sp³-hybridized carbons (Fsp3) is 0.0909. The second-order valence-corrected chi connectivity index (χ2v) is 4.44. The summed E-state index contributed by atoms with van der Waals surface area (Å²) < 4.78 is 0.849. The molecule has 5 nitrogen and oxygen atoms in total.